The third kappa shape index (κ3) is 4.63. The molecule has 0 bridgehead atoms. The molecule has 0 saturated heterocycles. The van der Waals surface area contributed by atoms with Crippen molar-refractivity contribution in [1.29, 1.82) is 0 Å². The van der Waals surface area contributed by atoms with Crippen molar-refractivity contribution in [2.75, 3.05) is 5.75 Å². The number of halogens is 2. The highest BCUT2D eigenvalue weighted by Gasteiger charge is 2.24. The largest absolute Gasteiger partial charge is 0.368 e. The zero-order valence-corrected chi connectivity index (χ0v) is 14.3. The van der Waals surface area contributed by atoms with Crippen LogP contribution in [0.5, 0.6) is 0 Å². The lowest BCUT2D eigenvalue weighted by molar-refractivity contribution is -0.119. The van der Waals surface area contributed by atoms with E-state index >= 15 is 0 Å². The molecule has 138 valence electrons. The van der Waals surface area contributed by atoms with Gasteiger partial charge in [0.05, 0.1) is 16.2 Å². The Hall–Kier alpha value is -2.81. The molecule has 2 rings (SSSR count). The first-order chi connectivity index (χ1) is 12.2. The van der Waals surface area contributed by atoms with Gasteiger partial charge in [0.1, 0.15) is 6.04 Å². The number of carbonyl (C=O) groups excluding carboxylic acids is 2. The second-order valence-electron chi connectivity index (χ2n) is 5.45. The topological polar surface area (TPSA) is 106 Å². The van der Waals surface area contributed by atoms with E-state index in [4.69, 9.17) is 5.73 Å². The molecule has 0 saturated carbocycles. The van der Waals surface area contributed by atoms with Crippen LogP contribution in [0.25, 0.3) is 0 Å². The maximum Gasteiger partial charge on any atom is 0.255 e. The molecule has 6 nitrogen and oxygen atoms in total. The Bertz CT molecular complexity index is 918. The maximum atomic E-state index is 13.7. The fourth-order valence-corrected chi connectivity index (χ4v) is 3.57. The number of sulfone groups is 1. The van der Waals surface area contributed by atoms with Crippen molar-refractivity contribution >= 4 is 21.7 Å². The van der Waals surface area contributed by atoms with Crippen LogP contribution in [0.1, 0.15) is 16.8 Å². The van der Waals surface area contributed by atoms with E-state index in [-0.39, 0.29) is 11.3 Å². The van der Waals surface area contributed by atoms with Gasteiger partial charge in [-0.1, -0.05) is 24.3 Å². The smallest absolute Gasteiger partial charge is 0.255 e. The summed E-state index contributed by atoms with van der Waals surface area (Å²) in [5, 5.41) is 2.14. The number of hydrogen-bond donors (Lipinski definition) is 2. The van der Waals surface area contributed by atoms with E-state index in [0.29, 0.717) is 0 Å². The second-order valence-corrected chi connectivity index (χ2v) is 7.56. The van der Waals surface area contributed by atoms with Crippen LogP contribution in [0.4, 0.5) is 8.78 Å². The molecular formula is C17H16F2N2O4S. The van der Waals surface area contributed by atoms with E-state index in [1.54, 1.807) is 18.2 Å². The Kier molecular flexibility index (Phi) is 6.04. The molecule has 0 aliphatic carbocycles. The fraction of sp³-hybridized carbons (Fsp3) is 0.176. The summed E-state index contributed by atoms with van der Waals surface area (Å²) in [5.41, 5.74) is 4.57. The highest BCUT2D eigenvalue weighted by Crippen LogP contribution is 2.14. The van der Waals surface area contributed by atoms with Crippen molar-refractivity contribution in [3.05, 3.63) is 65.7 Å². The molecule has 0 aliphatic rings. The third-order valence-corrected chi connectivity index (χ3v) is 5.39. The average molecular weight is 382 g/mol. The van der Waals surface area contributed by atoms with Crippen LogP contribution in [0.15, 0.2) is 53.4 Å². The summed E-state index contributed by atoms with van der Waals surface area (Å²) in [6.07, 6.45) is -0.310. The summed E-state index contributed by atoms with van der Waals surface area (Å²) in [5.74, 6) is -5.11. The molecule has 0 fully saturated rings. The zero-order valence-electron chi connectivity index (χ0n) is 13.5. The van der Waals surface area contributed by atoms with Crippen molar-refractivity contribution in [3.8, 4) is 0 Å². The lowest BCUT2D eigenvalue weighted by Crippen LogP contribution is -2.45. The SMILES string of the molecule is NC(=O)[C@@H](CCS(=O)(=O)c1ccccc1)NC(=O)c1cccc(F)c1F. The summed E-state index contributed by atoms with van der Waals surface area (Å²) in [6.45, 7) is 0. The van der Waals surface area contributed by atoms with Gasteiger partial charge in [-0.2, -0.15) is 0 Å². The first-order valence-electron chi connectivity index (χ1n) is 7.54. The minimum atomic E-state index is -3.70. The minimum absolute atomic E-state index is 0.0609. The van der Waals surface area contributed by atoms with Crippen LogP contribution in [-0.2, 0) is 14.6 Å². The molecule has 0 heterocycles. The van der Waals surface area contributed by atoms with Crippen molar-refractivity contribution in [3.63, 3.8) is 0 Å². The first kappa shape index (κ1) is 19.5. The molecule has 0 unspecified atom stereocenters. The molecule has 0 spiro atoms. The van der Waals surface area contributed by atoms with Crippen molar-refractivity contribution in [1.82, 2.24) is 5.32 Å². The molecule has 2 aromatic carbocycles. The van der Waals surface area contributed by atoms with Gasteiger partial charge < -0.3 is 11.1 Å². The Morgan fingerprint density at radius 3 is 2.31 bits per heavy atom. The maximum absolute atomic E-state index is 13.7. The average Bonchev–Trinajstić information content (AvgIpc) is 2.61. The number of nitrogens with one attached hydrogen (secondary N) is 1. The highest BCUT2D eigenvalue weighted by atomic mass is 32.2. The molecule has 0 aromatic heterocycles. The van der Waals surface area contributed by atoms with E-state index in [2.05, 4.69) is 5.32 Å². The van der Waals surface area contributed by atoms with Crippen molar-refractivity contribution in [2.45, 2.75) is 17.4 Å². The van der Waals surface area contributed by atoms with Crippen molar-refractivity contribution < 1.29 is 26.8 Å². The molecule has 26 heavy (non-hydrogen) atoms. The molecule has 1 atom stereocenters. The summed E-state index contributed by atoms with van der Waals surface area (Å²) in [4.78, 5) is 23.6. The molecule has 0 radical (unpaired) electrons. The fourth-order valence-electron chi connectivity index (χ4n) is 2.22. The zero-order chi connectivity index (χ0) is 19.3. The molecule has 2 amide bonds. The monoisotopic (exact) mass is 382 g/mol. The van der Waals surface area contributed by atoms with E-state index in [9.17, 15) is 26.8 Å². The Morgan fingerprint density at radius 1 is 1.04 bits per heavy atom. The predicted octanol–water partition coefficient (Wildman–Crippen LogP) is 1.41. The molecule has 0 aliphatic heterocycles. The summed E-state index contributed by atoms with van der Waals surface area (Å²) < 4.78 is 51.3. The van der Waals surface area contributed by atoms with Gasteiger partial charge in [-0.05, 0) is 30.7 Å². The Balaban J connectivity index is 2.11. The van der Waals surface area contributed by atoms with Gasteiger partial charge >= 0.3 is 0 Å². The van der Waals surface area contributed by atoms with Crippen LogP contribution in [-0.4, -0.2) is 32.0 Å². The van der Waals surface area contributed by atoms with Gasteiger partial charge in [-0.25, -0.2) is 17.2 Å². The number of benzene rings is 2. The lowest BCUT2D eigenvalue weighted by Gasteiger charge is -2.16. The van der Waals surface area contributed by atoms with Crippen LogP contribution < -0.4 is 11.1 Å². The first-order valence-corrected chi connectivity index (χ1v) is 9.19. The third-order valence-electron chi connectivity index (χ3n) is 3.62. The van der Waals surface area contributed by atoms with Crippen LogP contribution in [0.3, 0.4) is 0 Å². The predicted molar refractivity (Wildman–Crippen MR) is 89.9 cm³/mol. The van der Waals surface area contributed by atoms with Gasteiger partial charge in [0.15, 0.2) is 21.5 Å². The molecule has 2 aromatic rings. The number of nitrogens with two attached hydrogens (primary N) is 1. The Morgan fingerprint density at radius 2 is 1.69 bits per heavy atom. The lowest BCUT2D eigenvalue weighted by atomic mass is 10.1. The quantitative estimate of drug-likeness (QED) is 0.755. The van der Waals surface area contributed by atoms with E-state index < -0.39 is 50.6 Å². The van der Waals surface area contributed by atoms with Gasteiger partial charge in [0, 0.05) is 0 Å². The standard InChI is InChI=1S/C17H16F2N2O4S/c18-13-8-4-7-12(15(13)19)17(23)21-14(16(20)22)9-10-26(24,25)11-5-2-1-3-6-11/h1-8,14H,9-10H2,(H2,20,22)(H,21,23)/t14-/m1/s1. The van der Waals surface area contributed by atoms with Crippen LogP contribution in [0, 0.1) is 11.6 Å². The van der Waals surface area contributed by atoms with E-state index in [1.165, 1.54) is 12.1 Å². The van der Waals surface area contributed by atoms with E-state index in [1.807, 2.05) is 0 Å². The molecule has 9 heteroatoms. The van der Waals surface area contributed by atoms with Gasteiger partial charge in [0.25, 0.3) is 5.91 Å². The number of amides is 2. The van der Waals surface area contributed by atoms with Gasteiger partial charge in [0.2, 0.25) is 5.91 Å². The summed E-state index contributed by atoms with van der Waals surface area (Å²) >= 11 is 0. The van der Waals surface area contributed by atoms with Gasteiger partial charge in [-0.15, -0.1) is 0 Å². The number of carbonyl (C=O) groups is 2. The number of rotatable bonds is 7. The Labute approximate surface area is 148 Å². The number of hydrogen-bond acceptors (Lipinski definition) is 4. The minimum Gasteiger partial charge on any atom is -0.368 e. The van der Waals surface area contributed by atoms with Crippen LogP contribution >= 0.6 is 0 Å². The second kappa shape index (κ2) is 8.05. The summed E-state index contributed by atoms with van der Waals surface area (Å²) in [6, 6.07) is 9.19. The normalized spacial score (nSPS) is 12.4. The van der Waals surface area contributed by atoms with E-state index in [0.717, 1.165) is 18.2 Å². The molecular weight excluding hydrogens is 366 g/mol. The highest BCUT2D eigenvalue weighted by molar-refractivity contribution is 7.91. The van der Waals surface area contributed by atoms with Crippen LogP contribution in [0.2, 0.25) is 0 Å². The molecule has 3 N–H and O–H groups in total. The van der Waals surface area contributed by atoms with Gasteiger partial charge in [-0.3, -0.25) is 9.59 Å². The summed E-state index contributed by atoms with van der Waals surface area (Å²) in [7, 11) is -3.70. The number of primary amides is 1. The van der Waals surface area contributed by atoms with Crippen molar-refractivity contribution in [2.24, 2.45) is 5.73 Å².